The third-order valence-electron chi connectivity index (χ3n) is 6.35. The van der Waals surface area contributed by atoms with Gasteiger partial charge in [0.2, 0.25) is 5.60 Å². The number of fused-ring (bicyclic) bond motifs is 2. The van der Waals surface area contributed by atoms with E-state index in [2.05, 4.69) is 26.6 Å². The summed E-state index contributed by atoms with van der Waals surface area (Å²) >= 11 is 0. The average molecular weight is 420 g/mol. The zero-order chi connectivity index (χ0) is 21.1. The Morgan fingerprint density at radius 1 is 1.33 bits per heavy atom. The minimum absolute atomic E-state index is 0.00315. The fourth-order valence-electron chi connectivity index (χ4n) is 4.64. The van der Waals surface area contributed by atoms with E-state index in [1.807, 2.05) is 4.90 Å². The van der Waals surface area contributed by atoms with E-state index < -0.39 is 23.9 Å². The highest BCUT2D eigenvalue weighted by atomic mass is 19.4. The van der Waals surface area contributed by atoms with Crippen LogP contribution in [0.1, 0.15) is 35.6 Å². The lowest BCUT2D eigenvalue weighted by Gasteiger charge is -2.51. The van der Waals surface area contributed by atoms with Crippen molar-refractivity contribution in [2.24, 2.45) is 5.92 Å². The first-order valence-electron chi connectivity index (χ1n) is 9.70. The normalized spacial score (nSPS) is 28.7. The van der Waals surface area contributed by atoms with E-state index in [-0.39, 0.29) is 23.9 Å². The Kier molecular flexibility index (Phi) is 4.20. The lowest BCUT2D eigenvalue weighted by atomic mass is 9.73. The summed E-state index contributed by atoms with van der Waals surface area (Å²) in [7, 11) is 0. The standard InChI is InChI=1S/C19H19F3N6O2/c20-19(21,22)18(29)12-9-30-17(12)25-16-14(18)15(26-27-16)11-2-5-28(6-3-11)13-7-10(8-23)1-4-24-13/h1,4,7,11-12,17,29H,2-3,5-6,9H2,(H2,25,26,27)/t12?,17?,18-/m0/s1. The molecule has 0 radical (unpaired) electrons. The lowest BCUT2D eigenvalue weighted by molar-refractivity contribution is -0.329. The Balaban J connectivity index is 1.42. The number of halogens is 3. The summed E-state index contributed by atoms with van der Waals surface area (Å²) in [6, 6.07) is 5.39. The summed E-state index contributed by atoms with van der Waals surface area (Å²) in [5, 5.41) is 29.6. The second-order valence-corrected chi connectivity index (χ2v) is 7.91. The number of ether oxygens (including phenoxy) is 1. The number of nitrogens with one attached hydrogen (secondary N) is 2. The van der Waals surface area contributed by atoms with Crippen LogP contribution in [0.3, 0.4) is 0 Å². The molecule has 2 aromatic rings. The SMILES string of the molecule is N#Cc1ccnc(N2CCC(c3[nH]nc4c3[C@](O)(C(F)(F)F)C3COC3N4)CC2)c1. The minimum atomic E-state index is -4.85. The van der Waals surface area contributed by atoms with E-state index in [0.29, 0.717) is 43.0 Å². The molecule has 2 saturated heterocycles. The number of nitriles is 1. The first-order chi connectivity index (χ1) is 14.3. The zero-order valence-corrected chi connectivity index (χ0v) is 15.8. The molecule has 3 atom stereocenters. The molecule has 0 saturated carbocycles. The van der Waals surface area contributed by atoms with Gasteiger partial charge in [-0.05, 0) is 25.0 Å². The van der Waals surface area contributed by atoms with Crippen LogP contribution in [0.4, 0.5) is 24.8 Å². The van der Waals surface area contributed by atoms with Gasteiger partial charge in [0.1, 0.15) is 12.0 Å². The van der Waals surface area contributed by atoms with Crippen molar-refractivity contribution in [1.29, 1.82) is 5.26 Å². The molecule has 0 spiro atoms. The van der Waals surface area contributed by atoms with Crippen molar-refractivity contribution in [2.75, 3.05) is 29.9 Å². The van der Waals surface area contributed by atoms with Gasteiger partial charge in [-0.1, -0.05) is 0 Å². The molecule has 2 fully saturated rings. The number of hydrogen-bond donors (Lipinski definition) is 3. The van der Waals surface area contributed by atoms with Crippen LogP contribution in [-0.2, 0) is 10.3 Å². The number of piperidine rings is 1. The molecule has 3 aliphatic rings. The van der Waals surface area contributed by atoms with Crippen LogP contribution in [0.25, 0.3) is 0 Å². The highest BCUT2D eigenvalue weighted by molar-refractivity contribution is 5.56. The number of anilines is 2. The van der Waals surface area contributed by atoms with Crippen LogP contribution < -0.4 is 10.2 Å². The number of pyridine rings is 1. The molecule has 5 heterocycles. The molecule has 30 heavy (non-hydrogen) atoms. The van der Waals surface area contributed by atoms with Gasteiger partial charge < -0.3 is 20.1 Å². The summed E-state index contributed by atoms with van der Waals surface area (Å²) in [6.45, 7) is 0.956. The second kappa shape index (κ2) is 6.58. The molecule has 3 N–H and O–H groups in total. The molecule has 5 rings (SSSR count). The van der Waals surface area contributed by atoms with E-state index in [0.717, 1.165) is 0 Å². The monoisotopic (exact) mass is 420 g/mol. The summed E-state index contributed by atoms with van der Waals surface area (Å²) in [4.78, 5) is 6.30. The Morgan fingerprint density at radius 2 is 2.10 bits per heavy atom. The smallest absolute Gasteiger partial charge is 0.376 e. The highest BCUT2D eigenvalue weighted by Gasteiger charge is 2.69. The number of aromatic nitrogens is 3. The molecule has 0 aromatic carbocycles. The van der Waals surface area contributed by atoms with Gasteiger partial charge in [-0.15, -0.1) is 0 Å². The summed E-state index contributed by atoms with van der Waals surface area (Å²) in [5.74, 6) is -0.664. The van der Waals surface area contributed by atoms with Crippen molar-refractivity contribution < 1.29 is 23.0 Å². The molecule has 2 unspecified atom stereocenters. The van der Waals surface area contributed by atoms with Gasteiger partial charge in [0, 0.05) is 30.9 Å². The number of hydrogen-bond acceptors (Lipinski definition) is 7. The van der Waals surface area contributed by atoms with Crippen molar-refractivity contribution in [1.82, 2.24) is 15.2 Å². The molecule has 158 valence electrons. The van der Waals surface area contributed by atoms with Crippen molar-refractivity contribution in [3.63, 3.8) is 0 Å². The van der Waals surface area contributed by atoms with Crippen molar-refractivity contribution in [3.05, 3.63) is 35.2 Å². The topological polar surface area (TPSA) is 110 Å². The summed E-state index contributed by atoms with van der Waals surface area (Å²) < 4.78 is 47.2. The van der Waals surface area contributed by atoms with Gasteiger partial charge in [0.25, 0.3) is 0 Å². The third-order valence-corrected chi connectivity index (χ3v) is 6.35. The van der Waals surface area contributed by atoms with Gasteiger partial charge in [0.15, 0.2) is 5.82 Å². The maximum atomic E-state index is 14.0. The fourth-order valence-corrected chi connectivity index (χ4v) is 4.64. The Morgan fingerprint density at radius 3 is 2.73 bits per heavy atom. The summed E-state index contributed by atoms with van der Waals surface area (Å²) in [5.41, 5.74) is -2.38. The minimum Gasteiger partial charge on any atom is -0.376 e. The van der Waals surface area contributed by atoms with E-state index in [1.54, 1.807) is 18.3 Å². The number of alkyl halides is 3. The third kappa shape index (κ3) is 2.67. The van der Waals surface area contributed by atoms with Crippen LogP contribution in [0.5, 0.6) is 0 Å². The predicted octanol–water partition coefficient (Wildman–Crippen LogP) is 2.21. The van der Waals surface area contributed by atoms with Crippen LogP contribution in [0.2, 0.25) is 0 Å². The van der Waals surface area contributed by atoms with Crippen LogP contribution in [0.15, 0.2) is 18.3 Å². The Labute approximate surface area is 169 Å². The zero-order valence-electron chi connectivity index (χ0n) is 15.8. The highest BCUT2D eigenvalue weighted by Crippen LogP contribution is 2.56. The molecule has 2 aromatic heterocycles. The van der Waals surface area contributed by atoms with Crippen LogP contribution in [0, 0.1) is 17.2 Å². The van der Waals surface area contributed by atoms with Gasteiger partial charge >= 0.3 is 6.18 Å². The Hall–Kier alpha value is -2.84. The van der Waals surface area contributed by atoms with E-state index in [1.165, 1.54) is 0 Å². The molecular weight excluding hydrogens is 401 g/mol. The van der Waals surface area contributed by atoms with Crippen molar-refractivity contribution >= 4 is 11.6 Å². The second-order valence-electron chi connectivity index (χ2n) is 7.91. The molecule has 3 aliphatic heterocycles. The maximum Gasteiger partial charge on any atom is 0.422 e. The predicted molar refractivity (Wildman–Crippen MR) is 98.5 cm³/mol. The van der Waals surface area contributed by atoms with Gasteiger partial charge in [-0.2, -0.15) is 23.5 Å². The fraction of sp³-hybridized carbons (Fsp3) is 0.526. The van der Waals surface area contributed by atoms with Crippen LogP contribution in [-0.4, -0.2) is 52.4 Å². The van der Waals surface area contributed by atoms with Crippen molar-refractivity contribution in [2.45, 2.75) is 36.8 Å². The lowest BCUT2D eigenvalue weighted by Crippen LogP contribution is -2.64. The molecule has 8 nitrogen and oxygen atoms in total. The van der Waals surface area contributed by atoms with Gasteiger partial charge in [-0.3, -0.25) is 5.10 Å². The molecular formula is C19H19F3N6O2. The average Bonchev–Trinajstić information content (AvgIpc) is 3.14. The number of nitrogens with zero attached hydrogens (tertiary/aromatic N) is 4. The Bertz CT molecular complexity index is 1010. The first-order valence-corrected chi connectivity index (χ1v) is 9.70. The molecule has 0 bridgehead atoms. The summed E-state index contributed by atoms with van der Waals surface area (Å²) in [6.07, 6.45) is -3.06. The number of aliphatic hydroxyl groups is 1. The quantitative estimate of drug-likeness (QED) is 0.683. The van der Waals surface area contributed by atoms with E-state index in [9.17, 15) is 18.3 Å². The van der Waals surface area contributed by atoms with Crippen LogP contribution >= 0.6 is 0 Å². The van der Waals surface area contributed by atoms with E-state index in [4.69, 9.17) is 10.00 Å². The molecule has 0 amide bonds. The number of rotatable bonds is 2. The number of aromatic amines is 1. The molecule has 11 heteroatoms. The van der Waals surface area contributed by atoms with E-state index >= 15 is 0 Å². The van der Waals surface area contributed by atoms with Gasteiger partial charge in [0.05, 0.1) is 29.7 Å². The maximum absolute atomic E-state index is 14.0. The van der Waals surface area contributed by atoms with Crippen molar-refractivity contribution in [3.8, 4) is 6.07 Å². The molecule has 0 aliphatic carbocycles. The largest absolute Gasteiger partial charge is 0.422 e. The first kappa shape index (κ1) is 19.1. The van der Waals surface area contributed by atoms with Gasteiger partial charge in [-0.25, -0.2) is 4.98 Å². The number of H-pyrrole nitrogens is 1.